The summed E-state index contributed by atoms with van der Waals surface area (Å²) in [5.41, 5.74) is 2.46. The zero-order valence-electron chi connectivity index (χ0n) is 23.3. The second-order valence-corrected chi connectivity index (χ2v) is 12.0. The van der Waals surface area contributed by atoms with Gasteiger partial charge in [-0.2, -0.15) is 4.31 Å². The third kappa shape index (κ3) is 5.81. The zero-order chi connectivity index (χ0) is 29.9. The summed E-state index contributed by atoms with van der Waals surface area (Å²) < 4.78 is 38.6. The summed E-state index contributed by atoms with van der Waals surface area (Å²) in [7, 11) is -0.682. The van der Waals surface area contributed by atoms with Crippen molar-refractivity contribution in [3.8, 4) is 22.6 Å². The van der Waals surface area contributed by atoms with E-state index < -0.39 is 34.0 Å². The Labute approximate surface area is 244 Å². The fraction of sp³-hybridized carbons (Fsp3) is 0.250. The molecule has 4 aromatic carbocycles. The van der Waals surface area contributed by atoms with E-state index in [1.165, 1.54) is 16.4 Å². The number of hydrogen-bond acceptors (Lipinski definition) is 6. The summed E-state index contributed by atoms with van der Waals surface area (Å²) in [6.45, 7) is 0.195. The predicted molar refractivity (Wildman–Crippen MR) is 159 cm³/mol. The molecule has 1 amide bonds. The van der Waals surface area contributed by atoms with Crippen LogP contribution in [-0.2, 0) is 26.0 Å². The maximum atomic E-state index is 13.2. The van der Waals surface area contributed by atoms with Crippen molar-refractivity contribution >= 4 is 32.7 Å². The van der Waals surface area contributed by atoms with E-state index in [2.05, 4.69) is 5.32 Å². The Morgan fingerprint density at radius 2 is 1.60 bits per heavy atom. The number of carboxylic acid groups (broad SMARTS) is 1. The highest BCUT2D eigenvalue weighted by atomic mass is 32.2. The number of benzene rings is 4. The Hall–Kier alpha value is -4.41. The number of carboxylic acids is 1. The molecule has 0 spiro atoms. The van der Waals surface area contributed by atoms with Crippen LogP contribution in [0.2, 0.25) is 0 Å². The number of ether oxygens (including phenoxy) is 2. The minimum Gasteiger partial charge on any atom is -0.496 e. The molecule has 1 fully saturated rings. The third-order valence-corrected chi connectivity index (χ3v) is 9.45. The minimum absolute atomic E-state index is 0.0389. The number of fused-ring (bicyclic) bond motifs is 1. The van der Waals surface area contributed by atoms with Crippen LogP contribution in [0.4, 0.5) is 0 Å². The third-order valence-electron chi connectivity index (χ3n) is 7.53. The van der Waals surface area contributed by atoms with Crippen LogP contribution in [0.15, 0.2) is 89.8 Å². The second-order valence-electron chi connectivity index (χ2n) is 10.1. The smallest absolute Gasteiger partial charge is 0.326 e. The lowest BCUT2D eigenvalue weighted by molar-refractivity contribution is -0.142. The molecule has 0 bridgehead atoms. The molecule has 0 saturated carbocycles. The van der Waals surface area contributed by atoms with Crippen molar-refractivity contribution in [1.29, 1.82) is 0 Å². The van der Waals surface area contributed by atoms with Crippen LogP contribution in [0.5, 0.6) is 11.5 Å². The SMILES string of the molecule is COc1cccc(OC)c1-c1ccc2cc(CC(NC(=O)[C@@H]3CCCN3S(=O)(=O)c3ccccc3)C(=O)O)ccc2c1. The molecule has 1 aliphatic heterocycles. The van der Waals surface area contributed by atoms with Crippen LogP contribution in [0.3, 0.4) is 0 Å². The second kappa shape index (κ2) is 12.2. The molecular formula is C32H32N2O7S. The lowest BCUT2D eigenvalue weighted by Crippen LogP contribution is -2.51. The standard InChI is InChI=1S/C32H32N2O7S/c1-40-28-11-6-12-29(41-2)30(28)24-16-15-22-18-21(13-14-23(22)20-24)19-26(32(36)37)33-31(35)27-10-7-17-34(27)42(38,39)25-8-4-3-5-9-25/h3-6,8-9,11-16,18,20,26-27H,7,10,17,19H2,1-2H3,(H,33,35)(H,36,37)/t26?,27-/m0/s1. The summed E-state index contributed by atoms with van der Waals surface area (Å²) in [6, 6.07) is 22.9. The van der Waals surface area contributed by atoms with Crippen molar-refractivity contribution in [2.24, 2.45) is 0 Å². The first-order valence-electron chi connectivity index (χ1n) is 13.6. The number of carbonyl (C=O) groups excluding carboxylic acids is 1. The normalized spacial score (nSPS) is 16.2. The van der Waals surface area contributed by atoms with Gasteiger partial charge in [0.15, 0.2) is 0 Å². The average molecular weight is 589 g/mol. The van der Waals surface area contributed by atoms with Gasteiger partial charge >= 0.3 is 5.97 Å². The topological polar surface area (TPSA) is 122 Å². The van der Waals surface area contributed by atoms with Crippen LogP contribution in [0.1, 0.15) is 18.4 Å². The average Bonchev–Trinajstić information content (AvgIpc) is 3.52. The van der Waals surface area contributed by atoms with E-state index in [0.29, 0.717) is 24.3 Å². The van der Waals surface area contributed by atoms with Crippen molar-refractivity contribution in [2.45, 2.75) is 36.2 Å². The summed E-state index contributed by atoms with van der Waals surface area (Å²) in [6.07, 6.45) is 0.867. The number of nitrogens with one attached hydrogen (secondary N) is 1. The lowest BCUT2D eigenvalue weighted by Gasteiger charge is -2.25. The maximum Gasteiger partial charge on any atom is 0.326 e. The number of nitrogens with zero attached hydrogens (tertiary/aromatic N) is 1. The molecule has 2 N–H and O–H groups in total. The van der Waals surface area contributed by atoms with Crippen LogP contribution in [-0.4, -0.2) is 62.6 Å². The molecule has 1 saturated heterocycles. The van der Waals surface area contributed by atoms with E-state index in [9.17, 15) is 23.1 Å². The first kappa shape index (κ1) is 29.1. The molecule has 218 valence electrons. The van der Waals surface area contributed by atoms with Crippen molar-refractivity contribution < 1.29 is 32.6 Å². The highest BCUT2D eigenvalue weighted by molar-refractivity contribution is 7.89. The molecule has 0 aromatic heterocycles. The number of amides is 1. The van der Waals surface area contributed by atoms with Crippen LogP contribution < -0.4 is 14.8 Å². The first-order chi connectivity index (χ1) is 20.2. The van der Waals surface area contributed by atoms with E-state index in [1.54, 1.807) is 32.4 Å². The van der Waals surface area contributed by atoms with Gasteiger partial charge < -0.3 is 19.9 Å². The number of sulfonamides is 1. The molecule has 5 rings (SSSR count). The van der Waals surface area contributed by atoms with E-state index in [-0.39, 0.29) is 17.9 Å². The van der Waals surface area contributed by atoms with E-state index >= 15 is 0 Å². The van der Waals surface area contributed by atoms with Gasteiger partial charge in [-0.05, 0) is 65.1 Å². The van der Waals surface area contributed by atoms with Gasteiger partial charge in [-0.15, -0.1) is 0 Å². The highest BCUT2D eigenvalue weighted by Crippen LogP contribution is 2.39. The van der Waals surface area contributed by atoms with Crippen molar-refractivity contribution in [2.75, 3.05) is 20.8 Å². The Kier molecular flexibility index (Phi) is 8.46. The molecule has 2 atom stereocenters. The minimum atomic E-state index is -3.90. The Morgan fingerprint density at radius 1 is 0.929 bits per heavy atom. The van der Waals surface area contributed by atoms with Crippen LogP contribution in [0.25, 0.3) is 21.9 Å². The molecule has 0 radical (unpaired) electrons. The quantitative estimate of drug-likeness (QED) is 0.280. The van der Waals surface area contributed by atoms with Gasteiger partial charge in [-0.3, -0.25) is 4.79 Å². The number of hydrogen-bond donors (Lipinski definition) is 2. The van der Waals surface area contributed by atoms with E-state index in [4.69, 9.17) is 9.47 Å². The molecule has 1 heterocycles. The number of aliphatic carboxylic acids is 1. The number of methoxy groups -OCH3 is 2. The molecule has 4 aromatic rings. The fourth-order valence-electron chi connectivity index (χ4n) is 5.43. The largest absolute Gasteiger partial charge is 0.496 e. The van der Waals surface area contributed by atoms with Gasteiger partial charge in [-0.25, -0.2) is 13.2 Å². The Balaban J connectivity index is 1.34. The van der Waals surface area contributed by atoms with Crippen LogP contribution in [0, 0.1) is 0 Å². The van der Waals surface area contributed by atoms with Gasteiger partial charge in [0.05, 0.1) is 24.7 Å². The summed E-state index contributed by atoms with van der Waals surface area (Å²) in [4.78, 5) is 25.5. The van der Waals surface area contributed by atoms with Gasteiger partial charge in [0.2, 0.25) is 15.9 Å². The molecule has 10 heteroatoms. The molecule has 42 heavy (non-hydrogen) atoms. The molecule has 9 nitrogen and oxygen atoms in total. The summed E-state index contributed by atoms with van der Waals surface area (Å²) >= 11 is 0. The number of rotatable bonds is 10. The zero-order valence-corrected chi connectivity index (χ0v) is 24.1. The van der Waals surface area contributed by atoms with Gasteiger partial charge in [0.25, 0.3) is 0 Å². The molecule has 1 unspecified atom stereocenters. The van der Waals surface area contributed by atoms with Crippen LogP contribution >= 0.6 is 0 Å². The summed E-state index contributed by atoms with van der Waals surface area (Å²) in [5, 5.41) is 14.4. The highest BCUT2D eigenvalue weighted by Gasteiger charge is 2.40. The monoisotopic (exact) mass is 588 g/mol. The Bertz CT molecular complexity index is 1700. The van der Waals surface area contributed by atoms with E-state index in [1.807, 2.05) is 54.6 Å². The summed E-state index contributed by atoms with van der Waals surface area (Å²) in [5.74, 6) is -0.446. The van der Waals surface area contributed by atoms with Gasteiger partial charge in [-0.1, -0.05) is 54.6 Å². The predicted octanol–water partition coefficient (Wildman–Crippen LogP) is 4.49. The molecule has 0 aliphatic carbocycles. The molecule has 1 aliphatic rings. The molecular weight excluding hydrogens is 556 g/mol. The fourth-order valence-corrected chi connectivity index (χ4v) is 7.11. The Morgan fingerprint density at radius 3 is 2.26 bits per heavy atom. The maximum absolute atomic E-state index is 13.2. The number of carbonyl (C=O) groups is 2. The van der Waals surface area contributed by atoms with Crippen molar-refractivity contribution in [1.82, 2.24) is 9.62 Å². The van der Waals surface area contributed by atoms with Gasteiger partial charge in [0.1, 0.15) is 23.6 Å². The van der Waals surface area contributed by atoms with Crippen molar-refractivity contribution in [3.63, 3.8) is 0 Å². The van der Waals surface area contributed by atoms with Gasteiger partial charge in [0, 0.05) is 13.0 Å². The van der Waals surface area contributed by atoms with Crippen molar-refractivity contribution in [3.05, 3.63) is 90.5 Å². The lowest BCUT2D eigenvalue weighted by atomic mass is 9.97. The van der Waals surface area contributed by atoms with E-state index in [0.717, 1.165) is 27.5 Å². The first-order valence-corrected chi connectivity index (χ1v) is 15.0.